The molecule has 1 aromatic heterocycles. The van der Waals surface area contributed by atoms with Gasteiger partial charge in [-0.2, -0.15) is 0 Å². The molecule has 0 saturated carbocycles. The molecule has 3 N–H and O–H groups in total. The Morgan fingerprint density at radius 3 is 2.56 bits per heavy atom. The van der Waals surface area contributed by atoms with Gasteiger partial charge in [0.1, 0.15) is 11.9 Å². The molecule has 1 atom stereocenters. The van der Waals surface area contributed by atoms with Crippen LogP contribution >= 0.6 is 0 Å². The summed E-state index contributed by atoms with van der Waals surface area (Å²) in [6, 6.07) is -0.515. The Bertz CT molecular complexity index is 425. The number of aryl methyl sites for hydroxylation is 1. The first kappa shape index (κ1) is 14.2. The summed E-state index contributed by atoms with van der Waals surface area (Å²) in [6.07, 6.45) is 1.70. The number of aromatic amines is 1. The van der Waals surface area contributed by atoms with Crippen LogP contribution in [0.4, 0.5) is 0 Å². The monoisotopic (exact) mass is 252 g/mol. The van der Waals surface area contributed by atoms with Crippen molar-refractivity contribution in [3.8, 4) is 0 Å². The molecule has 100 valence electrons. The Morgan fingerprint density at radius 1 is 1.44 bits per heavy atom. The fourth-order valence-corrected chi connectivity index (χ4v) is 1.59. The van der Waals surface area contributed by atoms with E-state index in [2.05, 4.69) is 20.6 Å². The molecule has 1 aromatic rings. The van der Waals surface area contributed by atoms with Crippen LogP contribution < -0.4 is 10.6 Å². The molecule has 0 spiro atoms. The summed E-state index contributed by atoms with van der Waals surface area (Å²) in [4.78, 5) is 30.1. The maximum atomic E-state index is 11.9. The number of aromatic nitrogens is 2. The van der Waals surface area contributed by atoms with Gasteiger partial charge in [-0.1, -0.05) is 13.8 Å². The van der Waals surface area contributed by atoms with Crippen LogP contribution in [0.1, 0.15) is 32.3 Å². The van der Waals surface area contributed by atoms with Gasteiger partial charge in [-0.25, -0.2) is 4.98 Å². The normalized spacial score (nSPS) is 12.3. The lowest BCUT2D eigenvalue weighted by Crippen LogP contribution is -2.48. The molecule has 6 heteroatoms. The minimum Gasteiger partial charge on any atom is -0.347 e. The van der Waals surface area contributed by atoms with E-state index in [4.69, 9.17) is 0 Å². The molecule has 0 aliphatic rings. The van der Waals surface area contributed by atoms with Crippen molar-refractivity contribution in [2.45, 2.75) is 40.3 Å². The summed E-state index contributed by atoms with van der Waals surface area (Å²) >= 11 is 0. The first-order valence-electron chi connectivity index (χ1n) is 5.95. The van der Waals surface area contributed by atoms with Crippen molar-refractivity contribution in [2.24, 2.45) is 5.92 Å². The van der Waals surface area contributed by atoms with Crippen molar-refractivity contribution in [2.75, 3.05) is 0 Å². The molecule has 0 aliphatic heterocycles. The molecule has 2 amide bonds. The minimum atomic E-state index is -0.515. The first-order chi connectivity index (χ1) is 8.40. The Kier molecular flexibility index (Phi) is 4.88. The van der Waals surface area contributed by atoms with Crippen LogP contribution in [0.2, 0.25) is 0 Å². The highest BCUT2D eigenvalue weighted by atomic mass is 16.2. The number of hydrogen-bond donors (Lipinski definition) is 3. The number of carbonyl (C=O) groups excluding carboxylic acids is 2. The van der Waals surface area contributed by atoms with Gasteiger partial charge in [0, 0.05) is 18.8 Å². The Labute approximate surface area is 107 Å². The summed E-state index contributed by atoms with van der Waals surface area (Å²) in [5.74, 6) is 0.324. The molecule has 18 heavy (non-hydrogen) atoms. The van der Waals surface area contributed by atoms with Crippen LogP contribution in [-0.2, 0) is 16.1 Å². The number of amides is 2. The summed E-state index contributed by atoms with van der Waals surface area (Å²) in [5.41, 5.74) is 0.946. The molecule has 0 fully saturated rings. The SMILES string of the molecule is CC(=O)NC(C(=O)NCc1ncc(C)[nH]1)C(C)C. The quantitative estimate of drug-likeness (QED) is 0.713. The number of nitrogens with zero attached hydrogens (tertiary/aromatic N) is 1. The number of H-pyrrole nitrogens is 1. The van der Waals surface area contributed by atoms with Gasteiger partial charge in [0.25, 0.3) is 0 Å². The first-order valence-corrected chi connectivity index (χ1v) is 5.95. The number of imidazole rings is 1. The van der Waals surface area contributed by atoms with Gasteiger partial charge in [-0.15, -0.1) is 0 Å². The predicted molar refractivity (Wildman–Crippen MR) is 67.6 cm³/mol. The predicted octanol–water partition coefficient (Wildman–Crippen LogP) is 0.495. The van der Waals surface area contributed by atoms with Crippen LogP contribution in [0.5, 0.6) is 0 Å². The van der Waals surface area contributed by atoms with E-state index in [1.807, 2.05) is 20.8 Å². The van der Waals surface area contributed by atoms with Gasteiger partial charge in [0.05, 0.1) is 6.54 Å². The van der Waals surface area contributed by atoms with Gasteiger partial charge in [0.15, 0.2) is 0 Å². The van der Waals surface area contributed by atoms with Crippen LogP contribution in [0.15, 0.2) is 6.20 Å². The zero-order valence-electron chi connectivity index (χ0n) is 11.2. The van der Waals surface area contributed by atoms with Gasteiger partial charge in [-0.3, -0.25) is 9.59 Å². The minimum absolute atomic E-state index is 0.0345. The molecular formula is C12H20N4O2. The van der Waals surface area contributed by atoms with Crippen molar-refractivity contribution in [3.05, 3.63) is 17.7 Å². The van der Waals surface area contributed by atoms with Gasteiger partial charge >= 0.3 is 0 Å². The molecule has 0 aromatic carbocycles. The molecular weight excluding hydrogens is 232 g/mol. The van der Waals surface area contributed by atoms with Gasteiger partial charge in [-0.05, 0) is 12.8 Å². The maximum Gasteiger partial charge on any atom is 0.243 e. The fourth-order valence-electron chi connectivity index (χ4n) is 1.59. The van der Waals surface area contributed by atoms with Crippen LogP contribution in [0, 0.1) is 12.8 Å². The molecule has 0 bridgehead atoms. The standard InChI is InChI=1S/C12H20N4O2/c1-7(2)11(16-9(4)17)12(18)14-6-10-13-5-8(3)15-10/h5,7,11H,6H2,1-4H3,(H,13,15)(H,14,18)(H,16,17). The lowest BCUT2D eigenvalue weighted by Gasteiger charge is -2.20. The summed E-state index contributed by atoms with van der Waals surface area (Å²) < 4.78 is 0. The van der Waals surface area contributed by atoms with Crippen molar-refractivity contribution in [1.82, 2.24) is 20.6 Å². The second kappa shape index (κ2) is 6.18. The average molecular weight is 252 g/mol. The molecule has 0 radical (unpaired) electrons. The third kappa shape index (κ3) is 4.20. The van der Waals surface area contributed by atoms with E-state index in [-0.39, 0.29) is 17.7 Å². The van der Waals surface area contributed by atoms with Gasteiger partial charge in [0.2, 0.25) is 11.8 Å². The maximum absolute atomic E-state index is 11.9. The smallest absolute Gasteiger partial charge is 0.243 e. The highest BCUT2D eigenvalue weighted by molar-refractivity contribution is 5.86. The van der Waals surface area contributed by atoms with Crippen LogP contribution in [0.3, 0.4) is 0 Å². The van der Waals surface area contributed by atoms with E-state index in [0.29, 0.717) is 12.4 Å². The lowest BCUT2D eigenvalue weighted by atomic mass is 10.0. The second-order valence-corrected chi connectivity index (χ2v) is 4.65. The van der Waals surface area contributed by atoms with Crippen molar-refractivity contribution in [1.29, 1.82) is 0 Å². The third-order valence-corrected chi connectivity index (χ3v) is 2.49. The fraction of sp³-hybridized carbons (Fsp3) is 0.583. The average Bonchev–Trinajstić information content (AvgIpc) is 2.68. The molecule has 1 rings (SSSR count). The Balaban J connectivity index is 2.53. The molecule has 0 saturated heterocycles. The second-order valence-electron chi connectivity index (χ2n) is 4.65. The molecule has 1 heterocycles. The van der Waals surface area contributed by atoms with E-state index in [9.17, 15) is 9.59 Å². The molecule has 1 unspecified atom stereocenters. The Morgan fingerprint density at radius 2 is 2.11 bits per heavy atom. The largest absolute Gasteiger partial charge is 0.347 e. The highest BCUT2D eigenvalue weighted by Gasteiger charge is 2.22. The summed E-state index contributed by atoms with van der Waals surface area (Å²) in [6.45, 7) is 7.40. The highest BCUT2D eigenvalue weighted by Crippen LogP contribution is 2.02. The van der Waals surface area contributed by atoms with Crippen LogP contribution in [0.25, 0.3) is 0 Å². The summed E-state index contributed by atoms with van der Waals surface area (Å²) in [5, 5.41) is 5.39. The number of rotatable bonds is 5. The van der Waals surface area contributed by atoms with Crippen molar-refractivity contribution >= 4 is 11.8 Å². The third-order valence-electron chi connectivity index (χ3n) is 2.49. The van der Waals surface area contributed by atoms with E-state index in [1.54, 1.807) is 6.20 Å². The van der Waals surface area contributed by atoms with E-state index >= 15 is 0 Å². The Hall–Kier alpha value is -1.85. The lowest BCUT2D eigenvalue weighted by molar-refractivity contribution is -0.129. The number of hydrogen-bond acceptors (Lipinski definition) is 3. The zero-order chi connectivity index (χ0) is 13.7. The number of nitrogens with one attached hydrogen (secondary N) is 3. The topological polar surface area (TPSA) is 86.9 Å². The molecule has 0 aliphatic carbocycles. The van der Waals surface area contributed by atoms with Crippen molar-refractivity contribution < 1.29 is 9.59 Å². The molecule has 6 nitrogen and oxygen atoms in total. The van der Waals surface area contributed by atoms with Crippen molar-refractivity contribution in [3.63, 3.8) is 0 Å². The zero-order valence-corrected chi connectivity index (χ0v) is 11.2. The summed E-state index contributed by atoms with van der Waals surface area (Å²) in [7, 11) is 0. The van der Waals surface area contributed by atoms with E-state index in [0.717, 1.165) is 5.69 Å². The number of carbonyl (C=O) groups is 2. The van der Waals surface area contributed by atoms with E-state index < -0.39 is 6.04 Å². The van der Waals surface area contributed by atoms with Crippen LogP contribution in [-0.4, -0.2) is 27.8 Å². The van der Waals surface area contributed by atoms with Gasteiger partial charge < -0.3 is 15.6 Å². The van der Waals surface area contributed by atoms with E-state index in [1.165, 1.54) is 6.92 Å².